The fraction of sp³-hybridized carbons (Fsp3) is 0.400. The Morgan fingerprint density at radius 1 is 1.09 bits per heavy atom. The van der Waals surface area contributed by atoms with E-state index >= 15 is 0 Å². The number of amides is 3. The van der Waals surface area contributed by atoms with Crippen LogP contribution in [0.15, 0.2) is 48.5 Å². The SMILES string of the molecule is CC1CCCC(C)N1C(=O)COc1ccc(C(=O)Nc2cccc(N3CCOC3=O)c2)cc1. The average molecular weight is 452 g/mol. The molecular formula is C25H29N3O5. The molecule has 2 aliphatic rings. The van der Waals surface area contributed by atoms with E-state index in [1.54, 1.807) is 48.5 Å². The molecular weight excluding hydrogens is 422 g/mol. The van der Waals surface area contributed by atoms with E-state index in [4.69, 9.17) is 9.47 Å². The van der Waals surface area contributed by atoms with E-state index in [-0.39, 0.29) is 30.5 Å². The van der Waals surface area contributed by atoms with E-state index in [0.717, 1.165) is 19.3 Å². The van der Waals surface area contributed by atoms with Gasteiger partial charge in [-0.1, -0.05) is 6.07 Å². The number of benzene rings is 2. The predicted molar refractivity (Wildman–Crippen MR) is 125 cm³/mol. The van der Waals surface area contributed by atoms with Gasteiger partial charge in [-0.15, -0.1) is 0 Å². The summed E-state index contributed by atoms with van der Waals surface area (Å²) in [6.07, 6.45) is 2.79. The van der Waals surface area contributed by atoms with Crippen LogP contribution in [0, 0.1) is 0 Å². The quantitative estimate of drug-likeness (QED) is 0.716. The Morgan fingerprint density at radius 2 is 1.82 bits per heavy atom. The third-order valence-electron chi connectivity index (χ3n) is 6.14. The second kappa shape index (κ2) is 9.94. The van der Waals surface area contributed by atoms with Crippen molar-refractivity contribution in [1.82, 2.24) is 4.90 Å². The van der Waals surface area contributed by atoms with Gasteiger partial charge in [-0.25, -0.2) is 4.79 Å². The topological polar surface area (TPSA) is 88.2 Å². The molecule has 1 N–H and O–H groups in total. The number of hydrogen-bond acceptors (Lipinski definition) is 5. The van der Waals surface area contributed by atoms with Crippen molar-refractivity contribution in [2.24, 2.45) is 0 Å². The minimum atomic E-state index is -0.392. The number of ether oxygens (including phenoxy) is 2. The van der Waals surface area contributed by atoms with Crippen LogP contribution in [-0.4, -0.2) is 54.6 Å². The van der Waals surface area contributed by atoms with Crippen molar-refractivity contribution in [3.05, 3.63) is 54.1 Å². The van der Waals surface area contributed by atoms with E-state index in [1.807, 2.05) is 4.90 Å². The molecule has 2 unspecified atom stereocenters. The summed E-state index contributed by atoms with van der Waals surface area (Å²) in [5.41, 5.74) is 1.70. The highest BCUT2D eigenvalue weighted by Gasteiger charge is 2.29. The van der Waals surface area contributed by atoms with Crippen molar-refractivity contribution in [3.63, 3.8) is 0 Å². The van der Waals surface area contributed by atoms with E-state index in [0.29, 0.717) is 35.8 Å². The van der Waals surface area contributed by atoms with Gasteiger partial charge in [-0.05, 0) is 75.6 Å². The Bertz CT molecular complexity index is 1010. The van der Waals surface area contributed by atoms with E-state index in [1.165, 1.54) is 4.90 Å². The van der Waals surface area contributed by atoms with Gasteiger partial charge in [0.05, 0.1) is 6.54 Å². The van der Waals surface area contributed by atoms with Gasteiger partial charge in [-0.2, -0.15) is 0 Å². The number of likely N-dealkylation sites (tertiary alicyclic amines) is 1. The molecule has 2 heterocycles. The Hall–Kier alpha value is -3.55. The highest BCUT2D eigenvalue weighted by molar-refractivity contribution is 6.04. The molecule has 2 fully saturated rings. The van der Waals surface area contributed by atoms with Crippen LogP contribution >= 0.6 is 0 Å². The van der Waals surface area contributed by atoms with Gasteiger partial charge in [0.1, 0.15) is 12.4 Å². The minimum absolute atomic E-state index is 0.0155. The van der Waals surface area contributed by atoms with Crippen molar-refractivity contribution in [2.75, 3.05) is 30.0 Å². The summed E-state index contributed by atoms with van der Waals surface area (Å²) in [5, 5.41) is 2.84. The number of piperidine rings is 1. The molecule has 4 rings (SSSR count). The first-order valence-electron chi connectivity index (χ1n) is 11.3. The molecule has 2 atom stereocenters. The first-order valence-corrected chi connectivity index (χ1v) is 11.3. The molecule has 0 aromatic heterocycles. The van der Waals surface area contributed by atoms with Gasteiger partial charge in [0.2, 0.25) is 0 Å². The third-order valence-corrected chi connectivity index (χ3v) is 6.14. The summed E-state index contributed by atoms with van der Waals surface area (Å²) < 4.78 is 10.6. The van der Waals surface area contributed by atoms with Gasteiger partial charge in [0.25, 0.3) is 11.8 Å². The molecule has 2 aromatic rings. The lowest BCUT2D eigenvalue weighted by Gasteiger charge is -2.38. The normalized spacial score (nSPS) is 20.4. The predicted octanol–water partition coefficient (Wildman–Crippen LogP) is 4.06. The molecule has 3 amide bonds. The number of cyclic esters (lactones) is 1. The zero-order valence-corrected chi connectivity index (χ0v) is 19.0. The van der Waals surface area contributed by atoms with Gasteiger partial charge in [0, 0.05) is 29.0 Å². The Balaban J connectivity index is 1.33. The largest absolute Gasteiger partial charge is 0.484 e. The van der Waals surface area contributed by atoms with E-state index in [2.05, 4.69) is 19.2 Å². The van der Waals surface area contributed by atoms with Crippen LogP contribution < -0.4 is 15.0 Å². The van der Waals surface area contributed by atoms with Crippen LogP contribution in [0.4, 0.5) is 16.2 Å². The maximum atomic E-state index is 12.6. The molecule has 0 radical (unpaired) electrons. The third kappa shape index (κ3) is 5.27. The summed E-state index contributed by atoms with van der Waals surface area (Å²) in [5.74, 6) is 0.236. The second-order valence-electron chi connectivity index (χ2n) is 8.51. The average Bonchev–Trinajstić information content (AvgIpc) is 3.24. The highest BCUT2D eigenvalue weighted by atomic mass is 16.6. The van der Waals surface area contributed by atoms with Gasteiger partial charge >= 0.3 is 6.09 Å². The molecule has 0 bridgehead atoms. The van der Waals surface area contributed by atoms with E-state index in [9.17, 15) is 14.4 Å². The van der Waals surface area contributed by atoms with Crippen molar-refractivity contribution >= 4 is 29.3 Å². The summed E-state index contributed by atoms with van der Waals surface area (Å²) >= 11 is 0. The zero-order valence-electron chi connectivity index (χ0n) is 19.0. The van der Waals surface area contributed by atoms with Gasteiger partial charge in [0.15, 0.2) is 6.61 Å². The first kappa shape index (κ1) is 22.6. The Morgan fingerprint density at radius 3 is 2.48 bits per heavy atom. The molecule has 8 heteroatoms. The monoisotopic (exact) mass is 451 g/mol. The number of rotatable bonds is 6. The van der Waals surface area contributed by atoms with Crippen LogP contribution in [0.3, 0.4) is 0 Å². The maximum absolute atomic E-state index is 12.6. The lowest BCUT2D eigenvalue weighted by molar-refractivity contribution is -0.139. The van der Waals surface area contributed by atoms with Crippen molar-refractivity contribution in [3.8, 4) is 5.75 Å². The number of anilines is 2. The first-order chi connectivity index (χ1) is 15.9. The number of carbonyl (C=O) groups excluding carboxylic acids is 3. The maximum Gasteiger partial charge on any atom is 0.414 e. The minimum Gasteiger partial charge on any atom is -0.484 e. The molecule has 0 aliphatic carbocycles. The summed E-state index contributed by atoms with van der Waals surface area (Å²) in [7, 11) is 0. The Kier molecular flexibility index (Phi) is 6.82. The summed E-state index contributed by atoms with van der Waals surface area (Å²) in [6, 6.07) is 14.2. The fourth-order valence-corrected chi connectivity index (χ4v) is 4.42. The van der Waals surface area contributed by atoms with Crippen molar-refractivity contribution < 1.29 is 23.9 Å². The van der Waals surface area contributed by atoms with Crippen LogP contribution in [0.25, 0.3) is 0 Å². The number of nitrogens with zero attached hydrogens (tertiary/aromatic N) is 2. The highest BCUT2D eigenvalue weighted by Crippen LogP contribution is 2.24. The molecule has 0 saturated carbocycles. The lowest BCUT2D eigenvalue weighted by Crippen LogP contribution is -2.49. The molecule has 174 valence electrons. The smallest absolute Gasteiger partial charge is 0.414 e. The van der Waals surface area contributed by atoms with Crippen molar-refractivity contribution in [1.29, 1.82) is 0 Å². The van der Waals surface area contributed by atoms with Gasteiger partial charge in [-0.3, -0.25) is 14.5 Å². The van der Waals surface area contributed by atoms with Crippen LogP contribution in [0.1, 0.15) is 43.5 Å². The van der Waals surface area contributed by atoms with Crippen LogP contribution in [0.5, 0.6) is 5.75 Å². The standard InChI is InChI=1S/C25H29N3O5/c1-17-5-3-6-18(2)28(17)23(29)16-33-22-11-9-19(10-12-22)24(30)26-20-7-4-8-21(15-20)27-13-14-32-25(27)31/h4,7-12,15,17-18H,3,5-6,13-14,16H2,1-2H3,(H,26,30). The lowest BCUT2D eigenvalue weighted by atomic mass is 9.97. The molecule has 8 nitrogen and oxygen atoms in total. The summed E-state index contributed by atoms with van der Waals surface area (Å²) in [4.78, 5) is 40.5. The second-order valence-corrected chi connectivity index (χ2v) is 8.51. The Labute approximate surface area is 193 Å². The molecule has 2 saturated heterocycles. The molecule has 2 aromatic carbocycles. The molecule has 0 spiro atoms. The van der Waals surface area contributed by atoms with Crippen LogP contribution in [-0.2, 0) is 9.53 Å². The van der Waals surface area contributed by atoms with Gasteiger partial charge < -0.3 is 19.7 Å². The summed E-state index contributed by atoms with van der Waals surface area (Å²) in [6.45, 7) is 4.97. The number of hydrogen-bond donors (Lipinski definition) is 1. The molecule has 2 aliphatic heterocycles. The number of carbonyl (C=O) groups is 3. The zero-order chi connectivity index (χ0) is 23.4. The fourth-order valence-electron chi connectivity index (χ4n) is 4.42. The number of nitrogens with one attached hydrogen (secondary N) is 1. The van der Waals surface area contributed by atoms with E-state index < -0.39 is 6.09 Å². The van der Waals surface area contributed by atoms with Crippen molar-refractivity contribution in [2.45, 2.75) is 45.2 Å². The molecule has 33 heavy (non-hydrogen) atoms. The van der Waals surface area contributed by atoms with Crippen LogP contribution in [0.2, 0.25) is 0 Å².